The topological polar surface area (TPSA) is 66.5 Å². The average Bonchev–Trinajstić information content (AvgIpc) is 2.95. The van der Waals surface area contributed by atoms with Crippen LogP contribution in [0.2, 0.25) is 0 Å². The minimum Gasteiger partial charge on any atom is -0.378 e. The van der Waals surface area contributed by atoms with Crippen molar-refractivity contribution >= 4 is 42.2 Å². The molecule has 146 valence electrons. The van der Waals surface area contributed by atoms with Gasteiger partial charge in [0.05, 0.1) is 25.1 Å². The fourth-order valence-electron chi connectivity index (χ4n) is 4.26. The van der Waals surface area contributed by atoms with E-state index in [0.29, 0.717) is 24.4 Å². The van der Waals surface area contributed by atoms with Gasteiger partial charge in [-0.1, -0.05) is 0 Å². The number of carbonyl (C=O) groups is 1. The van der Waals surface area contributed by atoms with Crippen molar-refractivity contribution < 1.29 is 9.53 Å². The largest absolute Gasteiger partial charge is 0.378 e. The number of hydrogen-bond acceptors (Lipinski definition) is 5. The first-order valence-corrected chi connectivity index (χ1v) is 9.11. The second-order valence-corrected chi connectivity index (χ2v) is 7.23. The Labute approximate surface area is 167 Å². The molecule has 26 heavy (non-hydrogen) atoms. The van der Waals surface area contributed by atoms with Gasteiger partial charge in [-0.15, -0.1) is 24.8 Å². The molecule has 0 radical (unpaired) electrons. The number of morpholine rings is 1. The SMILES string of the molecule is Cl.Cl.O=C(CC1CC2CCC(C1)N2)Nc1ccc(N2CCOCC2)nc1. The van der Waals surface area contributed by atoms with Gasteiger partial charge in [0.1, 0.15) is 5.82 Å². The maximum Gasteiger partial charge on any atom is 0.224 e. The zero-order valence-electron chi connectivity index (χ0n) is 14.9. The number of pyridine rings is 1. The Morgan fingerprint density at radius 3 is 2.50 bits per heavy atom. The molecule has 3 fully saturated rings. The molecule has 8 heteroatoms. The van der Waals surface area contributed by atoms with E-state index in [1.165, 1.54) is 12.8 Å². The summed E-state index contributed by atoms with van der Waals surface area (Å²) in [6.45, 7) is 3.24. The normalized spacial score (nSPS) is 27.2. The van der Waals surface area contributed by atoms with Gasteiger partial charge in [0.15, 0.2) is 0 Å². The lowest BCUT2D eigenvalue weighted by Crippen LogP contribution is -2.39. The van der Waals surface area contributed by atoms with Crippen molar-refractivity contribution in [3.63, 3.8) is 0 Å². The zero-order valence-corrected chi connectivity index (χ0v) is 16.5. The van der Waals surface area contributed by atoms with Crippen LogP contribution in [-0.4, -0.2) is 49.3 Å². The molecule has 0 aromatic carbocycles. The lowest BCUT2D eigenvalue weighted by atomic mass is 9.89. The van der Waals surface area contributed by atoms with Crippen LogP contribution in [0.3, 0.4) is 0 Å². The molecule has 2 N–H and O–H groups in total. The Hall–Kier alpha value is -1.08. The Morgan fingerprint density at radius 1 is 1.19 bits per heavy atom. The Kier molecular flexibility index (Phi) is 7.95. The Bertz CT molecular complexity index is 569. The molecule has 0 spiro atoms. The number of nitrogens with one attached hydrogen (secondary N) is 2. The standard InChI is InChI=1S/C18H26N4O2.2ClH/c23-18(11-13-9-14-1-2-15(10-13)20-14)21-16-3-4-17(19-12-16)22-5-7-24-8-6-22;;/h3-4,12-15,20H,1-2,5-11H2,(H,21,23);2*1H. The van der Waals surface area contributed by atoms with Gasteiger partial charge < -0.3 is 20.3 Å². The fourth-order valence-corrected chi connectivity index (χ4v) is 4.26. The molecule has 3 aliphatic heterocycles. The van der Waals surface area contributed by atoms with E-state index >= 15 is 0 Å². The summed E-state index contributed by atoms with van der Waals surface area (Å²) in [6.07, 6.45) is 7.20. The van der Waals surface area contributed by atoms with Gasteiger partial charge in [-0.3, -0.25) is 4.79 Å². The smallest absolute Gasteiger partial charge is 0.224 e. The molecular formula is C18H28Cl2N4O2. The number of halogens is 2. The van der Waals surface area contributed by atoms with Crippen LogP contribution in [0, 0.1) is 5.92 Å². The third-order valence-electron chi connectivity index (χ3n) is 5.41. The monoisotopic (exact) mass is 402 g/mol. The molecule has 1 aromatic heterocycles. The molecule has 2 atom stereocenters. The van der Waals surface area contributed by atoms with E-state index < -0.39 is 0 Å². The summed E-state index contributed by atoms with van der Waals surface area (Å²) in [7, 11) is 0. The number of fused-ring (bicyclic) bond motifs is 2. The van der Waals surface area contributed by atoms with Crippen LogP contribution in [0.5, 0.6) is 0 Å². The number of carbonyl (C=O) groups excluding carboxylic acids is 1. The molecule has 2 unspecified atom stereocenters. The first-order valence-electron chi connectivity index (χ1n) is 9.11. The predicted octanol–water partition coefficient (Wildman–Crippen LogP) is 2.62. The third-order valence-corrected chi connectivity index (χ3v) is 5.41. The number of ether oxygens (including phenoxy) is 1. The van der Waals surface area contributed by atoms with Crippen LogP contribution < -0.4 is 15.5 Å². The van der Waals surface area contributed by atoms with Crippen molar-refractivity contribution in [1.29, 1.82) is 0 Å². The number of rotatable bonds is 4. The molecule has 3 saturated heterocycles. The zero-order chi connectivity index (χ0) is 16.4. The van der Waals surface area contributed by atoms with E-state index in [0.717, 1.165) is 50.7 Å². The van der Waals surface area contributed by atoms with Gasteiger partial charge in [-0.2, -0.15) is 0 Å². The minimum atomic E-state index is 0. The van der Waals surface area contributed by atoms with Crippen LogP contribution in [0.15, 0.2) is 18.3 Å². The van der Waals surface area contributed by atoms with Crippen LogP contribution in [0.4, 0.5) is 11.5 Å². The number of anilines is 2. The van der Waals surface area contributed by atoms with E-state index in [9.17, 15) is 4.79 Å². The van der Waals surface area contributed by atoms with Crippen LogP contribution in [0.1, 0.15) is 32.1 Å². The van der Waals surface area contributed by atoms with Crippen LogP contribution in [-0.2, 0) is 9.53 Å². The van der Waals surface area contributed by atoms with E-state index in [2.05, 4.69) is 20.5 Å². The quantitative estimate of drug-likeness (QED) is 0.809. The van der Waals surface area contributed by atoms with Gasteiger partial charge in [0.25, 0.3) is 0 Å². The maximum absolute atomic E-state index is 12.3. The fraction of sp³-hybridized carbons (Fsp3) is 0.667. The van der Waals surface area contributed by atoms with Gasteiger partial charge in [-0.25, -0.2) is 4.98 Å². The van der Waals surface area contributed by atoms with Crippen LogP contribution >= 0.6 is 24.8 Å². The summed E-state index contributed by atoms with van der Waals surface area (Å²) < 4.78 is 5.36. The Morgan fingerprint density at radius 2 is 1.88 bits per heavy atom. The van der Waals surface area contributed by atoms with E-state index in [1.54, 1.807) is 6.20 Å². The molecule has 3 aliphatic rings. The lowest BCUT2D eigenvalue weighted by molar-refractivity contribution is -0.117. The van der Waals surface area contributed by atoms with E-state index in [4.69, 9.17) is 4.74 Å². The highest BCUT2D eigenvalue weighted by Crippen LogP contribution is 2.32. The molecule has 1 aromatic rings. The van der Waals surface area contributed by atoms with Crippen molar-refractivity contribution in [3.05, 3.63) is 18.3 Å². The van der Waals surface area contributed by atoms with E-state index in [1.807, 2.05) is 12.1 Å². The summed E-state index contributed by atoms with van der Waals surface area (Å²) >= 11 is 0. The van der Waals surface area contributed by atoms with Crippen molar-refractivity contribution in [2.24, 2.45) is 5.92 Å². The van der Waals surface area contributed by atoms with Crippen molar-refractivity contribution in [1.82, 2.24) is 10.3 Å². The number of amides is 1. The first-order chi connectivity index (χ1) is 11.8. The second-order valence-electron chi connectivity index (χ2n) is 7.23. The number of piperidine rings is 1. The molecule has 1 amide bonds. The molecule has 2 bridgehead atoms. The lowest BCUT2D eigenvalue weighted by Gasteiger charge is -2.28. The number of aromatic nitrogens is 1. The van der Waals surface area contributed by atoms with Crippen LogP contribution in [0.25, 0.3) is 0 Å². The summed E-state index contributed by atoms with van der Waals surface area (Å²) in [5, 5.41) is 6.63. The second kappa shape index (κ2) is 9.74. The average molecular weight is 403 g/mol. The van der Waals surface area contributed by atoms with Gasteiger partial charge >= 0.3 is 0 Å². The molecule has 0 aliphatic carbocycles. The molecule has 4 rings (SSSR count). The number of nitrogens with zero attached hydrogens (tertiary/aromatic N) is 2. The molecular weight excluding hydrogens is 375 g/mol. The van der Waals surface area contributed by atoms with Gasteiger partial charge in [-0.05, 0) is 43.7 Å². The summed E-state index contributed by atoms with van der Waals surface area (Å²) in [6, 6.07) is 5.19. The Balaban J connectivity index is 0.00000121. The molecule has 0 saturated carbocycles. The van der Waals surface area contributed by atoms with E-state index in [-0.39, 0.29) is 30.7 Å². The van der Waals surface area contributed by atoms with Crippen molar-refractivity contribution in [2.45, 2.75) is 44.2 Å². The summed E-state index contributed by atoms with van der Waals surface area (Å²) in [5.74, 6) is 1.58. The maximum atomic E-state index is 12.3. The summed E-state index contributed by atoms with van der Waals surface area (Å²) in [4.78, 5) is 19.0. The van der Waals surface area contributed by atoms with Gasteiger partial charge in [0, 0.05) is 31.6 Å². The van der Waals surface area contributed by atoms with Crippen molar-refractivity contribution in [2.75, 3.05) is 36.5 Å². The highest BCUT2D eigenvalue weighted by molar-refractivity contribution is 5.90. The predicted molar refractivity (Wildman–Crippen MR) is 108 cm³/mol. The molecule has 4 heterocycles. The van der Waals surface area contributed by atoms with Crippen molar-refractivity contribution in [3.8, 4) is 0 Å². The summed E-state index contributed by atoms with van der Waals surface area (Å²) in [5.41, 5.74) is 0.786. The first kappa shape index (κ1) is 21.2. The third kappa shape index (κ3) is 5.22. The highest BCUT2D eigenvalue weighted by atomic mass is 35.5. The molecule has 6 nitrogen and oxygen atoms in total. The highest BCUT2D eigenvalue weighted by Gasteiger charge is 2.34. The number of hydrogen-bond donors (Lipinski definition) is 2. The van der Waals surface area contributed by atoms with Gasteiger partial charge in [0.2, 0.25) is 5.91 Å². The minimum absolute atomic E-state index is 0.